The zero-order valence-electron chi connectivity index (χ0n) is 13.9. The van der Waals surface area contributed by atoms with Crippen LogP contribution in [-0.4, -0.2) is 23.9 Å². The second kappa shape index (κ2) is 18.2. The SMILES string of the molecule is CC.CC.O=c1cccccc1[O-].O=c1cccccc1[O-].[Sn+2]. The van der Waals surface area contributed by atoms with Gasteiger partial charge in [-0.25, -0.2) is 0 Å². The summed E-state index contributed by atoms with van der Waals surface area (Å²) < 4.78 is 0. The van der Waals surface area contributed by atoms with Crippen LogP contribution in [0.3, 0.4) is 0 Å². The van der Waals surface area contributed by atoms with Gasteiger partial charge in [0, 0.05) is 0 Å². The number of hydrogen-bond donors (Lipinski definition) is 0. The number of hydrogen-bond acceptors (Lipinski definition) is 4. The van der Waals surface area contributed by atoms with Crippen molar-refractivity contribution in [1.29, 1.82) is 0 Å². The molecule has 0 spiro atoms. The van der Waals surface area contributed by atoms with Gasteiger partial charge in [-0.3, -0.25) is 9.59 Å². The molecule has 2 rings (SSSR count). The van der Waals surface area contributed by atoms with Crippen LogP contribution in [0.5, 0.6) is 11.5 Å². The molecule has 0 N–H and O–H groups in total. The summed E-state index contributed by atoms with van der Waals surface area (Å²) in [6, 6.07) is 14.5. The van der Waals surface area contributed by atoms with Gasteiger partial charge in [0.05, 0.1) is 0 Å². The van der Waals surface area contributed by atoms with Crippen LogP contribution in [0.15, 0.2) is 70.3 Å². The Labute approximate surface area is 154 Å². The molecule has 0 aliphatic rings. The fraction of sp³-hybridized carbons (Fsp3) is 0.222. The van der Waals surface area contributed by atoms with E-state index in [2.05, 4.69) is 0 Å². The molecular weight excluding hydrogens is 399 g/mol. The first-order chi connectivity index (χ1) is 10.6. The molecule has 0 unspecified atom stereocenters. The summed E-state index contributed by atoms with van der Waals surface area (Å²) in [5.41, 5.74) is -0.917. The first-order valence-corrected chi connectivity index (χ1v) is 7.14. The predicted octanol–water partition coefficient (Wildman–Crippen LogP) is 1.91. The molecule has 2 aromatic carbocycles. The van der Waals surface area contributed by atoms with Crippen LogP contribution in [0.1, 0.15) is 27.7 Å². The van der Waals surface area contributed by atoms with E-state index in [9.17, 15) is 19.8 Å². The maximum atomic E-state index is 10.5. The average Bonchev–Trinajstić information content (AvgIpc) is 2.86. The minimum absolute atomic E-state index is 0. The van der Waals surface area contributed by atoms with Crippen molar-refractivity contribution in [3.8, 4) is 11.5 Å². The Hall–Kier alpha value is -1.82. The molecule has 0 heterocycles. The van der Waals surface area contributed by atoms with Crippen molar-refractivity contribution in [1.82, 2.24) is 0 Å². The maximum absolute atomic E-state index is 10.5. The third kappa shape index (κ3) is 13.6. The molecule has 23 heavy (non-hydrogen) atoms. The van der Waals surface area contributed by atoms with Crippen molar-refractivity contribution in [2.24, 2.45) is 0 Å². The second-order valence-corrected chi connectivity index (χ2v) is 3.28. The van der Waals surface area contributed by atoms with E-state index < -0.39 is 22.4 Å². The van der Waals surface area contributed by atoms with Gasteiger partial charge in [0.15, 0.2) is 10.9 Å². The Bertz CT molecular complexity index is 574. The molecule has 0 aromatic heterocycles. The average molecular weight is 421 g/mol. The molecule has 0 amide bonds. The van der Waals surface area contributed by atoms with Gasteiger partial charge in [-0.15, -0.1) is 0 Å². The molecular formula is C18H22O4Sn. The maximum Gasteiger partial charge on any atom is 2.00 e. The van der Waals surface area contributed by atoms with Gasteiger partial charge in [-0.05, 0) is 12.1 Å². The minimum Gasteiger partial charge on any atom is -0.870 e. The third-order valence-corrected chi connectivity index (χ3v) is 1.92. The van der Waals surface area contributed by atoms with Gasteiger partial charge in [-0.1, -0.05) is 87.7 Å². The topological polar surface area (TPSA) is 80.3 Å². The quantitative estimate of drug-likeness (QED) is 0.609. The van der Waals surface area contributed by atoms with E-state index in [1.807, 2.05) is 27.7 Å². The molecule has 0 aliphatic heterocycles. The van der Waals surface area contributed by atoms with Crippen molar-refractivity contribution in [3.05, 3.63) is 81.1 Å². The summed E-state index contributed by atoms with van der Waals surface area (Å²) in [6.07, 6.45) is 0. The van der Waals surface area contributed by atoms with Crippen LogP contribution >= 0.6 is 0 Å². The fourth-order valence-electron chi connectivity index (χ4n) is 1.03. The molecule has 0 saturated carbocycles. The predicted molar refractivity (Wildman–Crippen MR) is 92.8 cm³/mol. The first-order valence-electron chi connectivity index (χ1n) is 7.14. The summed E-state index contributed by atoms with van der Waals surface area (Å²) in [6.45, 7) is 8.00. The van der Waals surface area contributed by atoms with E-state index in [1.54, 1.807) is 36.4 Å². The monoisotopic (exact) mass is 422 g/mol. The first kappa shape index (κ1) is 26.1. The Morgan fingerprint density at radius 3 is 1.13 bits per heavy atom. The Morgan fingerprint density at radius 2 is 0.826 bits per heavy atom. The van der Waals surface area contributed by atoms with Gasteiger partial charge in [0.25, 0.3) is 0 Å². The van der Waals surface area contributed by atoms with Crippen molar-refractivity contribution < 1.29 is 10.2 Å². The van der Waals surface area contributed by atoms with E-state index in [1.165, 1.54) is 24.3 Å². The molecule has 5 heteroatoms. The van der Waals surface area contributed by atoms with Crippen molar-refractivity contribution in [2.75, 3.05) is 0 Å². The molecule has 2 radical (unpaired) electrons. The Kier molecular flexibility index (Phi) is 20.7. The van der Waals surface area contributed by atoms with Gasteiger partial charge < -0.3 is 10.2 Å². The summed E-state index contributed by atoms with van der Waals surface area (Å²) >= 11 is 0. The van der Waals surface area contributed by atoms with Crippen molar-refractivity contribution in [3.63, 3.8) is 0 Å². The largest absolute Gasteiger partial charge is 2.00 e. The summed E-state index contributed by atoms with van der Waals surface area (Å²) in [5.74, 6) is -0.917. The van der Waals surface area contributed by atoms with Crippen LogP contribution < -0.4 is 21.1 Å². The standard InChI is InChI=1S/2C7H6O2.2C2H6.Sn/c2*8-6-4-2-1-3-5-7(6)9;2*1-2;/h2*1-5H,(H,8,9);2*1-2H3;/q;;;;+2/p-2. The zero-order valence-corrected chi connectivity index (χ0v) is 16.8. The summed E-state index contributed by atoms with van der Waals surface area (Å²) in [7, 11) is 0. The Balaban J connectivity index is -0.000000276. The van der Waals surface area contributed by atoms with E-state index in [4.69, 9.17) is 0 Å². The molecule has 4 nitrogen and oxygen atoms in total. The third-order valence-electron chi connectivity index (χ3n) is 1.92. The van der Waals surface area contributed by atoms with E-state index in [0.29, 0.717) is 0 Å². The van der Waals surface area contributed by atoms with Crippen LogP contribution in [0.4, 0.5) is 0 Å². The molecule has 0 atom stereocenters. The smallest absolute Gasteiger partial charge is 0.870 e. The summed E-state index contributed by atoms with van der Waals surface area (Å²) in [5, 5.41) is 21.0. The van der Waals surface area contributed by atoms with Crippen molar-refractivity contribution >= 4 is 23.9 Å². The molecule has 2 aromatic rings. The van der Waals surface area contributed by atoms with Gasteiger partial charge >= 0.3 is 23.9 Å². The molecule has 0 aliphatic carbocycles. The minimum atomic E-state index is -0.458. The van der Waals surface area contributed by atoms with Crippen LogP contribution in [0.25, 0.3) is 0 Å². The van der Waals surface area contributed by atoms with E-state index in [0.717, 1.165) is 0 Å². The van der Waals surface area contributed by atoms with Gasteiger partial charge in [0.1, 0.15) is 0 Å². The molecule has 0 fully saturated rings. The molecule has 0 bridgehead atoms. The number of rotatable bonds is 0. The van der Waals surface area contributed by atoms with Crippen LogP contribution in [0.2, 0.25) is 0 Å². The molecule has 0 saturated heterocycles. The normalized spacial score (nSPS) is 7.48. The summed E-state index contributed by atoms with van der Waals surface area (Å²) in [4.78, 5) is 21.0. The second-order valence-electron chi connectivity index (χ2n) is 3.28. The van der Waals surface area contributed by atoms with E-state index in [-0.39, 0.29) is 23.9 Å². The van der Waals surface area contributed by atoms with Crippen LogP contribution in [0, 0.1) is 0 Å². The fourth-order valence-corrected chi connectivity index (χ4v) is 1.03. The van der Waals surface area contributed by atoms with E-state index >= 15 is 0 Å². The zero-order chi connectivity index (χ0) is 17.4. The van der Waals surface area contributed by atoms with Gasteiger partial charge in [0.2, 0.25) is 0 Å². The van der Waals surface area contributed by atoms with Gasteiger partial charge in [-0.2, -0.15) is 0 Å². The molecule has 122 valence electrons. The van der Waals surface area contributed by atoms with Crippen molar-refractivity contribution in [2.45, 2.75) is 27.7 Å². The van der Waals surface area contributed by atoms with Crippen LogP contribution in [-0.2, 0) is 0 Å². The Morgan fingerprint density at radius 1 is 0.565 bits per heavy atom.